The highest BCUT2D eigenvalue weighted by Gasteiger charge is 2.53. The van der Waals surface area contributed by atoms with Crippen LogP contribution < -0.4 is 10.2 Å². The number of phenolic OH excluding ortho intramolecular Hbond substituents is 1. The third-order valence-electron chi connectivity index (χ3n) is 6.45. The number of aromatic hydroxyl groups is 1. The number of imide groups is 1. The van der Waals surface area contributed by atoms with Gasteiger partial charge in [0.05, 0.1) is 6.67 Å². The van der Waals surface area contributed by atoms with Gasteiger partial charge in [0.2, 0.25) is 0 Å². The van der Waals surface area contributed by atoms with E-state index in [1.54, 1.807) is 12.1 Å². The van der Waals surface area contributed by atoms with Crippen LogP contribution in [0.4, 0.5) is 10.5 Å². The number of phenols is 1. The van der Waals surface area contributed by atoms with Crippen LogP contribution in [0.5, 0.6) is 5.75 Å². The highest BCUT2D eigenvalue weighted by Crippen LogP contribution is 2.36. The minimum absolute atomic E-state index is 0.246. The maximum Gasteiger partial charge on any atom is 0.326 e. The number of benzene rings is 3. The van der Waals surface area contributed by atoms with E-state index in [0.29, 0.717) is 0 Å². The lowest BCUT2D eigenvalue weighted by Gasteiger charge is -2.37. The topological polar surface area (TPSA) is 76.1 Å². The number of urea groups is 1. The van der Waals surface area contributed by atoms with E-state index >= 15 is 0 Å². The van der Waals surface area contributed by atoms with Crippen molar-refractivity contribution in [3.8, 4) is 5.75 Å². The maximum atomic E-state index is 13.8. The van der Waals surface area contributed by atoms with E-state index in [1.165, 1.54) is 4.90 Å². The molecule has 168 valence electrons. The molecule has 2 aliphatic rings. The summed E-state index contributed by atoms with van der Waals surface area (Å²) < 4.78 is 0. The molecule has 33 heavy (non-hydrogen) atoms. The first-order valence-corrected chi connectivity index (χ1v) is 11.1. The van der Waals surface area contributed by atoms with Crippen molar-refractivity contribution in [2.45, 2.75) is 5.54 Å². The highest BCUT2D eigenvalue weighted by molar-refractivity contribution is 6.09. The number of hydrogen-bond acceptors (Lipinski definition) is 5. The molecule has 5 rings (SSSR count). The van der Waals surface area contributed by atoms with Crippen LogP contribution in [0.15, 0.2) is 84.9 Å². The molecule has 7 nitrogen and oxygen atoms in total. The Morgan fingerprint density at radius 2 is 1.30 bits per heavy atom. The van der Waals surface area contributed by atoms with Crippen molar-refractivity contribution in [2.24, 2.45) is 0 Å². The second kappa shape index (κ2) is 8.60. The summed E-state index contributed by atoms with van der Waals surface area (Å²) in [5, 5.41) is 12.5. The summed E-state index contributed by atoms with van der Waals surface area (Å²) in [6.45, 7) is 3.24. The molecule has 0 saturated carbocycles. The lowest BCUT2D eigenvalue weighted by atomic mass is 9.83. The molecule has 2 N–H and O–H groups in total. The Hall–Kier alpha value is -3.84. The molecule has 3 aromatic carbocycles. The number of anilines is 1. The number of piperazine rings is 1. The fourth-order valence-electron chi connectivity index (χ4n) is 4.65. The van der Waals surface area contributed by atoms with E-state index in [4.69, 9.17) is 0 Å². The molecule has 0 unspecified atom stereocenters. The number of carbonyl (C=O) groups is 2. The van der Waals surface area contributed by atoms with E-state index in [0.717, 1.165) is 43.0 Å². The molecule has 0 atom stereocenters. The van der Waals surface area contributed by atoms with Gasteiger partial charge >= 0.3 is 6.03 Å². The van der Waals surface area contributed by atoms with E-state index in [9.17, 15) is 14.7 Å². The Morgan fingerprint density at radius 1 is 0.758 bits per heavy atom. The number of amides is 3. The molecular weight excluding hydrogens is 416 g/mol. The van der Waals surface area contributed by atoms with Crippen LogP contribution in [-0.4, -0.2) is 59.7 Å². The average Bonchev–Trinajstić information content (AvgIpc) is 3.12. The standard InChI is InChI=1S/C26H26N4O3/c31-23-13-11-22(12-14-23)29-17-15-28(16-18-29)19-30-24(32)26(27-25(30)33,20-7-3-1-4-8-20)21-9-5-2-6-10-21/h1-14,31H,15-19H2,(H,27,33). The molecule has 0 bridgehead atoms. The van der Waals surface area contributed by atoms with Crippen molar-refractivity contribution in [1.82, 2.24) is 15.1 Å². The minimum Gasteiger partial charge on any atom is -0.508 e. The van der Waals surface area contributed by atoms with Gasteiger partial charge in [-0.05, 0) is 35.4 Å². The molecule has 7 heteroatoms. The first-order valence-electron chi connectivity index (χ1n) is 11.1. The summed E-state index contributed by atoms with van der Waals surface area (Å²) in [5.41, 5.74) is 1.31. The monoisotopic (exact) mass is 442 g/mol. The van der Waals surface area contributed by atoms with Crippen LogP contribution in [0.3, 0.4) is 0 Å². The molecule has 0 radical (unpaired) electrons. The van der Waals surface area contributed by atoms with Gasteiger partial charge in [-0.15, -0.1) is 0 Å². The Morgan fingerprint density at radius 3 is 1.85 bits per heavy atom. The van der Waals surface area contributed by atoms with Gasteiger partial charge in [0.25, 0.3) is 5.91 Å². The summed E-state index contributed by atoms with van der Waals surface area (Å²) in [6, 6.07) is 25.6. The molecule has 0 spiro atoms. The van der Waals surface area contributed by atoms with Crippen LogP contribution >= 0.6 is 0 Å². The number of rotatable bonds is 5. The molecule has 3 aromatic rings. The van der Waals surface area contributed by atoms with Gasteiger partial charge in [-0.3, -0.25) is 9.69 Å². The number of carbonyl (C=O) groups excluding carboxylic acids is 2. The van der Waals surface area contributed by atoms with Crippen molar-refractivity contribution in [1.29, 1.82) is 0 Å². The largest absolute Gasteiger partial charge is 0.508 e. The van der Waals surface area contributed by atoms with Gasteiger partial charge in [-0.25, -0.2) is 9.69 Å². The third kappa shape index (κ3) is 3.81. The summed E-state index contributed by atoms with van der Waals surface area (Å²) in [6.07, 6.45) is 0. The second-order valence-corrected chi connectivity index (χ2v) is 8.41. The van der Waals surface area contributed by atoms with Crippen LogP contribution in [0.25, 0.3) is 0 Å². The summed E-state index contributed by atoms with van der Waals surface area (Å²) in [4.78, 5) is 32.6. The smallest absolute Gasteiger partial charge is 0.326 e. The zero-order chi connectivity index (χ0) is 22.8. The van der Waals surface area contributed by atoms with Gasteiger partial charge in [0, 0.05) is 31.9 Å². The predicted molar refractivity (Wildman–Crippen MR) is 126 cm³/mol. The lowest BCUT2D eigenvalue weighted by Crippen LogP contribution is -2.52. The van der Waals surface area contributed by atoms with Gasteiger partial charge in [-0.2, -0.15) is 0 Å². The Labute approximate surface area is 192 Å². The van der Waals surface area contributed by atoms with Crippen molar-refractivity contribution < 1.29 is 14.7 Å². The second-order valence-electron chi connectivity index (χ2n) is 8.41. The van der Waals surface area contributed by atoms with E-state index in [-0.39, 0.29) is 24.4 Å². The van der Waals surface area contributed by atoms with Crippen LogP contribution in [-0.2, 0) is 10.3 Å². The van der Waals surface area contributed by atoms with Crippen LogP contribution in [0, 0.1) is 0 Å². The van der Waals surface area contributed by atoms with Crippen molar-refractivity contribution in [3.63, 3.8) is 0 Å². The van der Waals surface area contributed by atoms with Crippen molar-refractivity contribution in [2.75, 3.05) is 37.7 Å². The van der Waals surface area contributed by atoms with Crippen LogP contribution in [0.2, 0.25) is 0 Å². The van der Waals surface area contributed by atoms with E-state index < -0.39 is 5.54 Å². The minimum atomic E-state index is -1.23. The molecule has 0 aliphatic carbocycles. The fourth-order valence-corrected chi connectivity index (χ4v) is 4.65. The Balaban J connectivity index is 1.34. The maximum absolute atomic E-state index is 13.8. The van der Waals surface area contributed by atoms with E-state index in [2.05, 4.69) is 15.1 Å². The molecule has 2 heterocycles. The Kier molecular flexibility index (Phi) is 5.48. The van der Waals surface area contributed by atoms with Crippen molar-refractivity contribution in [3.05, 3.63) is 96.1 Å². The molecule has 2 fully saturated rings. The SMILES string of the molecule is O=C1NC(c2ccccc2)(c2ccccc2)C(=O)N1CN1CCN(c2ccc(O)cc2)CC1. The first kappa shape index (κ1) is 21.0. The van der Waals surface area contributed by atoms with E-state index in [1.807, 2.05) is 72.8 Å². The zero-order valence-electron chi connectivity index (χ0n) is 18.2. The quantitative estimate of drug-likeness (QED) is 0.595. The molecule has 2 saturated heterocycles. The first-order chi connectivity index (χ1) is 16.1. The fraction of sp³-hybridized carbons (Fsp3) is 0.231. The normalized spacial score (nSPS) is 18.4. The molecule has 0 aromatic heterocycles. The zero-order valence-corrected chi connectivity index (χ0v) is 18.2. The highest BCUT2D eigenvalue weighted by atomic mass is 16.3. The molecule has 3 amide bonds. The van der Waals surface area contributed by atoms with Crippen LogP contribution in [0.1, 0.15) is 11.1 Å². The average molecular weight is 443 g/mol. The summed E-state index contributed by atoms with van der Waals surface area (Å²) >= 11 is 0. The van der Waals surface area contributed by atoms with Gasteiger partial charge in [0.1, 0.15) is 5.75 Å². The third-order valence-corrected chi connectivity index (χ3v) is 6.45. The lowest BCUT2D eigenvalue weighted by molar-refractivity contribution is -0.131. The molecular formula is C26H26N4O3. The van der Waals surface area contributed by atoms with Gasteiger partial charge in [-0.1, -0.05) is 60.7 Å². The number of nitrogens with zero attached hydrogens (tertiary/aromatic N) is 3. The van der Waals surface area contributed by atoms with Crippen molar-refractivity contribution >= 4 is 17.6 Å². The summed E-state index contributed by atoms with van der Waals surface area (Å²) in [5.74, 6) is -0.0119. The van der Waals surface area contributed by atoms with Gasteiger partial charge in [0.15, 0.2) is 5.54 Å². The number of hydrogen-bond donors (Lipinski definition) is 2. The van der Waals surface area contributed by atoms with Gasteiger partial charge < -0.3 is 15.3 Å². The molecule has 2 aliphatic heterocycles. The Bertz CT molecular complexity index is 1090. The predicted octanol–water partition coefficient (Wildman–Crippen LogP) is 2.97. The number of nitrogens with one attached hydrogen (secondary N) is 1. The summed E-state index contributed by atoms with van der Waals surface area (Å²) in [7, 11) is 0.